The summed E-state index contributed by atoms with van der Waals surface area (Å²) in [6.45, 7) is 2.51. The number of hydrogen-bond donors (Lipinski definition) is 3. The molecular formula is C12H20N2O4. The number of urea groups is 1. The van der Waals surface area contributed by atoms with E-state index in [1.165, 1.54) is 0 Å². The fraction of sp³-hybridized carbons (Fsp3) is 0.833. The third kappa shape index (κ3) is 2.58. The molecule has 0 radical (unpaired) electrons. The third-order valence-corrected chi connectivity index (χ3v) is 3.96. The molecule has 0 aromatic rings. The molecule has 1 aliphatic heterocycles. The fourth-order valence-electron chi connectivity index (χ4n) is 2.67. The second kappa shape index (κ2) is 5.14. The molecule has 3 N–H and O–H groups in total. The van der Waals surface area contributed by atoms with E-state index in [0.717, 1.165) is 19.3 Å². The van der Waals surface area contributed by atoms with Crippen LogP contribution in [-0.4, -0.2) is 41.9 Å². The molecule has 102 valence electrons. The Hall–Kier alpha value is -1.30. The summed E-state index contributed by atoms with van der Waals surface area (Å²) in [4.78, 5) is 23.1. The van der Waals surface area contributed by atoms with E-state index in [0.29, 0.717) is 18.9 Å². The van der Waals surface area contributed by atoms with Gasteiger partial charge in [0.25, 0.3) is 0 Å². The molecule has 2 fully saturated rings. The Morgan fingerprint density at radius 2 is 2.17 bits per heavy atom. The molecule has 2 amide bonds. The summed E-state index contributed by atoms with van der Waals surface area (Å²) in [5.74, 6) is -0.578. The third-order valence-electron chi connectivity index (χ3n) is 3.96. The Bertz CT molecular complexity index is 339. The summed E-state index contributed by atoms with van der Waals surface area (Å²) in [6, 6.07) is -0.250. The zero-order valence-corrected chi connectivity index (χ0v) is 10.6. The first-order chi connectivity index (χ1) is 8.53. The van der Waals surface area contributed by atoms with Crippen molar-refractivity contribution >= 4 is 12.0 Å². The molecule has 2 aliphatic rings. The summed E-state index contributed by atoms with van der Waals surface area (Å²) >= 11 is 0. The van der Waals surface area contributed by atoms with E-state index in [4.69, 9.17) is 4.74 Å². The lowest BCUT2D eigenvalue weighted by atomic mass is 9.99. The number of carbonyl (C=O) groups is 2. The quantitative estimate of drug-likeness (QED) is 0.694. The van der Waals surface area contributed by atoms with E-state index < -0.39 is 17.5 Å². The molecular weight excluding hydrogens is 236 g/mol. The molecule has 2 rings (SSSR count). The van der Waals surface area contributed by atoms with Crippen LogP contribution in [0.4, 0.5) is 4.79 Å². The molecule has 3 unspecified atom stereocenters. The van der Waals surface area contributed by atoms with Gasteiger partial charge in [-0.25, -0.2) is 9.59 Å². The highest BCUT2D eigenvalue weighted by Gasteiger charge is 2.44. The minimum Gasteiger partial charge on any atom is -0.479 e. The number of nitrogens with one attached hydrogen (secondary N) is 2. The van der Waals surface area contributed by atoms with Gasteiger partial charge in [0.15, 0.2) is 5.54 Å². The molecule has 0 bridgehead atoms. The predicted octanol–water partition coefficient (Wildman–Crippen LogP) is 0.718. The Morgan fingerprint density at radius 3 is 2.67 bits per heavy atom. The van der Waals surface area contributed by atoms with Crippen LogP contribution in [-0.2, 0) is 9.53 Å². The highest BCUT2D eigenvalue weighted by atomic mass is 16.5. The Balaban J connectivity index is 1.91. The van der Waals surface area contributed by atoms with Gasteiger partial charge in [-0.3, -0.25) is 0 Å². The predicted molar refractivity (Wildman–Crippen MR) is 64.3 cm³/mol. The lowest BCUT2D eigenvalue weighted by molar-refractivity contribution is -0.144. The second-order valence-electron chi connectivity index (χ2n) is 5.30. The van der Waals surface area contributed by atoms with E-state index in [2.05, 4.69) is 17.6 Å². The van der Waals surface area contributed by atoms with Crippen LogP contribution in [0.2, 0.25) is 0 Å². The number of ether oxygens (including phenoxy) is 1. The lowest BCUT2D eigenvalue weighted by Crippen LogP contribution is -2.59. The molecule has 18 heavy (non-hydrogen) atoms. The number of carbonyl (C=O) groups excluding carboxylic acids is 1. The molecule has 6 heteroatoms. The summed E-state index contributed by atoms with van der Waals surface area (Å²) in [6.07, 6.45) is 3.50. The topological polar surface area (TPSA) is 87.7 Å². The van der Waals surface area contributed by atoms with Crippen LogP contribution in [0.15, 0.2) is 0 Å². The summed E-state index contributed by atoms with van der Waals surface area (Å²) in [7, 11) is 0. The van der Waals surface area contributed by atoms with Gasteiger partial charge in [0, 0.05) is 19.1 Å². The molecule has 1 heterocycles. The van der Waals surface area contributed by atoms with Crippen molar-refractivity contribution in [3.8, 4) is 0 Å². The normalized spacial score (nSPS) is 35.4. The van der Waals surface area contributed by atoms with Gasteiger partial charge in [0.2, 0.25) is 0 Å². The first kappa shape index (κ1) is 13.1. The minimum atomic E-state index is -1.26. The Morgan fingerprint density at radius 1 is 1.39 bits per heavy atom. The first-order valence-corrected chi connectivity index (χ1v) is 6.43. The smallest absolute Gasteiger partial charge is 0.332 e. The van der Waals surface area contributed by atoms with E-state index in [1.807, 2.05) is 0 Å². The van der Waals surface area contributed by atoms with Crippen molar-refractivity contribution in [1.82, 2.24) is 10.6 Å². The van der Waals surface area contributed by atoms with Crippen molar-refractivity contribution in [3.63, 3.8) is 0 Å². The molecule has 1 aliphatic carbocycles. The Labute approximate surface area is 106 Å². The van der Waals surface area contributed by atoms with Crippen molar-refractivity contribution < 1.29 is 19.4 Å². The summed E-state index contributed by atoms with van der Waals surface area (Å²) < 4.78 is 5.09. The van der Waals surface area contributed by atoms with Crippen LogP contribution in [0.5, 0.6) is 0 Å². The highest BCUT2D eigenvalue weighted by Crippen LogP contribution is 2.25. The van der Waals surface area contributed by atoms with E-state index in [9.17, 15) is 14.7 Å². The van der Waals surface area contributed by atoms with Crippen molar-refractivity contribution in [2.45, 2.75) is 44.2 Å². The van der Waals surface area contributed by atoms with Gasteiger partial charge < -0.3 is 20.5 Å². The SMILES string of the molecule is CC1CCCC1NC(=O)NC1(C(=O)O)CCOC1. The first-order valence-electron chi connectivity index (χ1n) is 6.43. The average Bonchev–Trinajstić information content (AvgIpc) is 2.90. The van der Waals surface area contributed by atoms with Gasteiger partial charge >= 0.3 is 12.0 Å². The minimum absolute atomic E-state index is 0.0377. The van der Waals surface area contributed by atoms with Crippen molar-refractivity contribution in [2.75, 3.05) is 13.2 Å². The maximum Gasteiger partial charge on any atom is 0.332 e. The molecule has 0 spiro atoms. The number of rotatable bonds is 3. The lowest BCUT2D eigenvalue weighted by Gasteiger charge is -2.26. The average molecular weight is 256 g/mol. The van der Waals surface area contributed by atoms with Gasteiger partial charge in [0.1, 0.15) is 0 Å². The van der Waals surface area contributed by atoms with Crippen molar-refractivity contribution in [3.05, 3.63) is 0 Å². The van der Waals surface area contributed by atoms with Gasteiger partial charge in [0.05, 0.1) is 6.61 Å². The number of carboxylic acid groups (broad SMARTS) is 1. The van der Waals surface area contributed by atoms with E-state index in [-0.39, 0.29) is 12.6 Å². The summed E-state index contributed by atoms with van der Waals surface area (Å²) in [5, 5.41) is 14.6. The number of hydrogen-bond acceptors (Lipinski definition) is 3. The molecule has 3 atom stereocenters. The highest BCUT2D eigenvalue weighted by molar-refractivity contribution is 5.86. The van der Waals surface area contributed by atoms with Crippen molar-refractivity contribution in [1.29, 1.82) is 0 Å². The van der Waals surface area contributed by atoms with E-state index >= 15 is 0 Å². The molecule has 0 aromatic carbocycles. The van der Waals surface area contributed by atoms with E-state index in [1.54, 1.807) is 0 Å². The monoisotopic (exact) mass is 256 g/mol. The zero-order chi connectivity index (χ0) is 13.2. The number of amides is 2. The van der Waals surface area contributed by atoms with Crippen LogP contribution in [0.25, 0.3) is 0 Å². The van der Waals surface area contributed by atoms with Gasteiger partial charge in [-0.2, -0.15) is 0 Å². The van der Waals surface area contributed by atoms with Crippen LogP contribution < -0.4 is 10.6 Å². The van der Waals surface area contributed by atoms with Gasteiger partial charge in [-0.1, -0.05) is 13.3 Å². The number of aliphatic carboxylic acids is 1. The standard InChI is InChI=1S/C12H20N2O4/c1-8-3-2-4-9(8)13-11(17)14-12(10(15)16)5-6-18-7-12/h8-9H,2-7H2,1H3,(H,15,16)(H2,13,14,17). The molecule has 1 saturated carbocycles. The second-order valence-corrected chi connectivity index (χ2v) is 5.30. The maximum absolute atomic E-state index is 11.9. The van der Waals surface area contributed by atoms with Gasteiger partial charge in [-0.05, 0) is 18.8 Å². The number of carboxylic acids is 1. The van der Waals surface area contributed by atoms with Crippen LogP contribution >= 0.6 is 0 Å². The Kier molecular flexibility index (Phi) is 3.75. The fourth-order valence-corrected chi connectivity index (χ4v) is 2.67. The molecule has 6 nitrogen and oxygen atoms in total. The molecule has 0 aromatic heterocycles. The molecule has 1 saturated heterocycles. The maximum atomic E-state index is 11.9. The van der Waals surface area contributed by atoms with Crippen LogP contribution in [0.3, 0.4) is 0 Å². The van der Waals surface area contributed by atoms with Crippen LogP contribution in [0, 0.1) is 5.92 Å². The largest absolute Gasteiger partial charge is 0.479 e. The van der Waals surface area contributed by atoms with Gasteiger partial charge in [-0.15, -0.1) is 0 Å². The van der Waals surface area contributed by atoms with Crippen LogP contribution in [0.1, 0.15) is 32.6 Å². The summed E-state index contributed by atoms with van der Waals surface area (Å²) in [5.41, 5.74) is -1.26. The zero-order valence-electron chi connectivity index (χ0n) is 10.6. The van der Waals surface area contributed by atoms with Crippen molar-refractivity contribution in [2.24, 2.45) is 5.92 Å².